The molecule has 2 aliphatic heterocycles. The maximum absolute atomic E-state index is 12.2. The Morgan fingerprint density at radius 2 is 1.80 bits per heavy atom. The summed E-state index contributed by atoms with van der Waals surface area (Å²) in [4.78, 5) is 16.7. The molecule has 116 valence electrons. The first-order chi connectivity index (χ1) is 9.50. The lowest BCUT2D eigenvalue weighted by molar-refractivity contribution is 0.0331. The van der Waals surface area contributed by atoms with Crippen molar-refractivity contribution in [3.05, 3.63) is 0 Å². The molecule has 20 heavy (non-hydrogen) atoms. The molecule has 0 saturated carbocycles. The molecule has 0 bridgehead atoms. The van der Waals surface area contributed by atoms with Crippen LogP contribution in [-0.4, -0.2) is 67.3 Å². The van der Waals surface area contributed by atoms with Gasteiger partial charge in [-0.25, -0.2) is 4.79 Å². The van der Waals surface area contributed by atoms with Gasteiger partial charge in [0.1, 0.15) is 0 Å². The number of urea groups is 1. The Morgan fingerprint density at radius 3 is 2.35 bits per heavy atom. The van der Waals surface area contributed by atoms with E-state index < -0.39 is 0 Å². The Kier molecular flexibility index (Phi) is 5.27. The quantitative estimate of drug-likeness (QED) is 0.829. The Balaban J connectivity index is 1.95. The molecule has 2 atom stereocenters. The van der Waals surface area contributed by atoms with Crippen molar-refractivity contribution in [2.75, 3.05) is 39.4 Å². The summed E-state index contributed by atoms with van der Waals surface area (Å²) in [5, 5.41) is 3.17. The number of ether oxygens (including phenoxy) is 1. The fourth-order valence-electron chi connectivity index (χ4n) is 3.30. The zero-order valence-corrected chi connectivity index (χ0v) is 13.3. The van der Waals surface area contributed by atoms with Crippen LogP contribution in [0.2, 0.25) is 0 Å². The molecule has 2 aliphatic rings. The summed E-state index contributed by atoms with van der Waals surface area (Å²) >= 11 is 0. The zero-order valence-electron chi connectivity index (χ0n) is 13.3. The fourth-order valence-corrected chi connectivity index (χ4v) is 3.30. The monoisotopic (exact) mass is 283 g/mol. The zero-order chi connectivity index (χ0) is 14.7. The summed E-state index contributed by atoms with van der Waals surface area (Å²) in [5.74, 6) is 0.950. The van der Waals surface area contributed by atoms with E-state index in [9.17, 15) is 4.79 Å². The van der Waals surface area contributed by atoms with E-state index in [0.29, 0.717) is 17.9 Å². The minimum absolute atomic E-state index is 0.107. The molecule has 2 fully saturated rings. The number of carbonyl (C=O) groups is 1. The van der Waals surface area contributed by atoms with E-state index in [1.165, 1.54) is 0 Å². The van der Waals surface area contributed by atoms with Crippen molar-refractivity contribution < 1.29 is 9.53 Å². The van der Waals surface area contributed by atoms with Crippen molar-refractivity contribution in [2.45, 2.75) is 39.8 Å². The lowest BCUT2D eigenvalue weighted by Crippen LogP contribution is -2.47. The molecule has 0 spiro atoms. The predicted octanol–water partition coefficient (Wildman–Crippen LogP) is 1.39. The second-order valence-corrected chi connectivity index (χ2v) is 6.60. The first-order valence-corrected chi connectivity index (χ1v) is 7.88. The molecule has 2 heterocycles. The Hall–Kier alpha value is -0.810. The molecule has 5 heteroatoms. The van der Waals surface area contributed by atoms with Crippen molar-refractivity contribution in [3.8, 4) is 0 Å². The minimum Gasteiger partial charge on any atom is -0.379 e. The fraction of sp³-hybridized carbons (Fsp3) is 0.933. The Bertz CT molecular complexity index is 327. The van der Waals surface area contributed by atoms with Crippen LogP contribution >= 0.6 is 0 Å². The van der Waals surface area contributed by atoms with E-state index in [-0.39, 0.29) is 12.1 Å². The van der Waals surface area contributed by atoms with Crippen molar-refractivity contribution in [2.24, 2.45) is 11.8 Å². The summed E-state index contributed by atoms with van der Waals surface area (Å²) in [6, 6.07) is 0.686. The number of carbonyl (C=O) groups excluding carboxylic acids is 1. The SMILES string of the molecule is CC(C)C1NC(=O)N(CCN2CCOCC2)C1C(C)C. The summed E-state index contributed by atoms with van der Waals surface area (Å²) in [5.41, 5.74) is 0. The van der Waals surface area contributed by atoms with E-state index in [1.807, 2.05) is 4.90 Å². The van der Waals surface area contributed by atoms with Crippen molar-refractivity contribution in [1.29, 1.82) is 0 Å². The average molecular weight is 283 g/mol. The average Bonchev–Trinajstić information content (AvgIpc) is 2.75. The van der Waals surface area contributed by atoms with E-state index in [0.717, 1.165) is 39.4 Å². The summed E-state index contributed by atoms with van der Waals surface area (Å²) in [6.45, 7) is 14.2. The standard InChI is InChI=1S/C15H29N3O2/c1-11(2)13-14(12(3)4)18(15(19)16-13)6-5-17-7-9-20-10-8-17/h11-14H,5-10H2,1-4H3,(H,16,19). The van der Waals surface area contributed by atoms with Crippen LogP contribution in [0.1, 0.15) is 27.7 Å². The third-order valence-corrected chi connectivity index (χ3v) is 4.44. The smallest absolute Gasteiger partial charge is 0.318 e. The minimum atomic E-state index is 0.107. The second-order valence-electron chi connectivity index (χ2n) is 6.60. The van der Waals surface area contributed by atoms with Gasteiger partial charge >= 0.3 is 6.03 Å². The number of hydrogen-bond acceptors (Lipinski definition) is 3. The Labute approximate surface area is 122 Å². The van der Waals surface area contributed by atoms with Gasteiger partial charge in [0.05, 0.1) is 25.3 Å². The largest absolute Gasteiger partial charge is 0.379 e. The van der Waals surface area contributed by atoms with Crippen LogP contribution in [-0.2, 0) is 4.74 Å². The van der Waals surface area contributed by atoms with Gasteiger partial charge in [0.25, 0.3) is 0 Å². The predicted molar refractivity (Wildman–Crippen MR) is 79.7 cm³/mol. The molecule has 0 aliphatic carbocycles. The van der Waals surface area contributed by atoms with E-state index >= 15 is 0 Å². The highest BCUT2D eigenvalue weighted by atomic mass is 16.5. The molecular weight excluding hydrogens is 254 g/mol. The van der Waals surface area contributed by atoms with Crippen LogP contribution in [0.15, 0.2) is 0 Å². The van der Waals surface area contributed by atoms with Crippen LogP contribution in [0.3, 0.4) is 0 Å². The highest BCUT2D eigenvalue weighted by Crippen LogP contribution is 2.25. The number of morpholine rings is 1. The van der Waals surface area contributed by atoms with Gasteiger partial charge in [-0.2, -0.15) is 0 Å². The molecule has 5 nitrogen and oxygen atoms in total. The van der Waals surface area contributed by atoms with Gasteiger partial charge in [0, 0.05) is 26.2 Å². The third-order valence-electron chi connectivity index (χ3n) is 4.44. The highest BCUT2D eigenvalue weighted by Gasteiger charge is 2.42. The van der Waals surface area contributed by atoms with Gasteiger partial charge in [0.15, 0.2) is 0 Å². The molecule has 0 aromatic carbocycles. The van der Waals surface area contributed by atoms with Gasteiger partial charge in [0.2, 0.25) is 0 Å². The van der Waals surface area contributed by atoms with Crippen LogP contribution in [0, 0.1) is 11.8 Å². The van der Waals surface area contributed by atoms with E-state index in [4.69, 9.17) is 4.74 Å². The van der Waals surface area contributed by atoms with Gasteiger partial charge in [-0.05, 0) is 11.8 Å². The van der Waals surface area contributed by atoms with Gasteiger partial charge in [-0.3, -0.25) is 4.90 Å². The number of nitrogens with zero attached hydrogens (tertiary/aromatic N) is 2. The molecule has 2 amide bonds. The number of rotatable bonds is 5. The molecule has 2 saturated heterocycles. The molecule has 0 radical (unpaired) electrons. The van der Waals surface area contributed by atoms with Gasteiger partial charge in [-0.15, -0.1) is 0 Å². The normalized spacial score (nSPS) is 28.5. The number of hydrogen-bond donors (Lipinski definition) is 1. The first kappa shape index (κ1) is 15.6. The summed E-state index contributed by atoms with van der Waals surface area (Å²) < 4.78 is 5.37. The van der Waals surface area contributed by atoms with Gasteiger partial charge < -0.3 is 15.0 Å². The maximum Gasteiger partial charge on any atom is 0.318 e. The molecule has 1 N–H and O–H groups in total. The molecule has 2 unspecified atom stereocenters. The molecular formula is C15H29N3O2. The van der Waals surface area contributed by atoms with E-state index in [2.05, 4.69) is 37.9 Å². The van der Waals surface area contributed by atoms with Crippen LogP contribution in [0.4, 0.5) is 4.79 Å². The summed E-state index contributed by atoms with van der Waals surface area (Å²) in [7, 11) is 0. The Morgan fingerprint density at radius 1 is 1.15 bits per heavy atom. The lowest BCUT2D eigenvalue weighted by Gasteiger charge is -2.33. The molecule has 0 aromatic rings. The van der Waals surface area contributed by atoms with Crippen molar-refractivity contribution >= 4 is 6.03 Å². The van der Waals surface area contributed by atoms with Crippen molar-refractivity contribution in [1.82, 2.24) is 15.1 Å². The second kappa shape index (κ2) is 6.76. The number of amides is 2. The lowest BCUT2D eigenvalue weighted by atomic mass is 9.89. The molecule has 0 aromatic heterocycles. The first-order valence-electron chi connectivity index (χ1n) is 7.88. The number of nitrogens with one attached hydrogen (secondary N) is 1. The third kappa shape index (κ3) is 3.44. The van der Waals surface area contributed by atoms with Crippen LogP contribution in [0.25, 0.3) is 0 Å². The highest BCUT2D eigenvalue weighted by molar-refractivity contribution is 5.77. The van der Waals surface area contributed by atoms with Crippen LogP contribution < -0.4 is 5.32 Å². The molecule has 2 rings (SSSR count). The maximum atomic E-state index is 12.2. The van der Waals surface area contributed by atoms with Crippen LogP contribution in [0.5, 0.6) is 0 Å². The van der Waals surface area contributed by atoms with E-state index in [1.54, 1.807) is 0 Å². The van der Waals surface area contributed by atoms with Crippen molar-refractivity contribution in [3.63, 3.8) is 0 Å². The summed E-state index contributed by atoms with van der Waals surface area (Å²) in [6.07, 6.45) is 0. The topological polar surface area (TPSA) is 44.8 Å². The van der Waals surface area contributed by atoms with Gasteiger partial charge in [-0.1, -0.05) is 27.7 Å².